The van der Waals surface area contributed by atoms with Crippen LogP contribution in [-0.2, 0) is 4.74 Å². The second-order valence-electron chi connectivity index (χ2n) is 6.06. The normalized spacial score (nSPS) is 10.4. The van der Waals surface area contributed by atoms with E-state index < -0.39 is 16.8 Å². The fraction of sp³-hybridized carbons (Fsp3) is 0.100. The van der Waals surface area contributed by atoms with Crippen LogP contribution in [-0.4, -0.2) is 23.9 Å². The van der Waals surface area contributed by atoms with Gasteiger partial charge in [-0.05, 0) is 36.8 Å². The number of nitrogens with zero attached hydrogens (tertiary/aromatic N) is 1. The molecule has 1 amide bonds. The highest BCUT2D eigenvalue weighted by Gasteiger charge is 2.23. The van der Waals surface area contributed by atoms with Gasteiger partial charge < -0.3 is 10.1 Å². The third-order valence-electron chi connectivity index (χ3n) is 4.22. The van der Waals surface area contributed by atoms with E-state index in [9.17, 15) is 19.7 Å². The van der Waals surface area contributed by atoms with Crippen molar-refractivity contribution in [2.75, 3.05) is 12.4 Å². The molecule has 3 rings (SSSR count). The van der Waals surface area contributed by atoms with E-state index >= 15 is 0 Å². The van der Waals surface area contributed by atoms with E-state index in [0.29, 0.717) is 16.1 Å². The van der Waals surface area contributed by atoms with Crippen LogP contribution in [0.25, 0.3) is 11.1 Å². The fourth-order valence-corrected chi connectivity index (χ4v) is 3.99. The van der Waals surface area contributed by atoms with Gasteiger partial charge >= 0.3 is 5.97 Å². The first-order valence-corrected chi connectivity index (χ1v) is 10.0. The van der Waals surface area contributed by atoms with Crippen LogP contribution in [0.15, 0.2) is 52.3 Å². The average Bonchev–Trinajstić information content (AvgIpc) is 3.11. The van der Waals surface area contributed by atoms with Gasteiger partial charge in [-0.25, -0.2) is 4.79 Å². The average molecular weight is 475 g/mol. The van der Waals surface area contributed by atoms with Crippen molar-refractivity contribution in [3.05, 3.63) is 79.1 Å². The van der Waals surface area contributed by atoms with Crippen molar-refractivity contribution >= 4 is 49.8 Å². The Bertz CT molecular complexity index is 1110. The topological polar surface area (TPSA) is 98.5 Å². The van der Waals surface area contributed by atoms with Crippen LogP contribution in [0.4, 0.5) is 10.7 Å². The number of nitro benzene ring substituents is 1. The van der Waals surface area contributed by atoms with Gasteiger partial charge in [-0.1, -0.05) is 28.1 Å². The maximum Gasteiger partial charge on any atom is 0.341 e. The number of anilines is 1. The van der Waals surface area contributed by atoms with Crippen molar-refractivity contribution in [3.8, 4) is 11.1 Å². The molecule has 29 heavy (non-hydrogen) atoms. The Labute approximate surface area is 178 Å². The Balaban J connectivity index is 1.96. The Morgan fingerprint density at radius 1 is 1.17 bits per heavy atom. The Morgan fingerprint density at radius 3 is 2.45 bits per heavy atom. The number of halogens is 1. The number of amides is 1. The van der Waals surface area contributed by atoms with E-state index in [1.165, 1.54) is 36.6 Å². The van der Waals surface area contributed by atoms with Crippen LogP contribution < -0.4 is 5.32 Å². The number of methoxy groups -OCH3 is 1. The number of carbonyl (C=O) groups excluding carboxylic acids is 2. The van der Waals surface area contributed by atoms with Gasteiger partial charge in [-0.3, -0.25) is 14.9 Å². The van der Waals surface area contributed by atoms with Crippen molar-refractivity contribution < 1.29 is 19.2 Å². The van der Waals surface area contributed by atoms with Gasteiger partial charge in [0.25, 0.3) is 11.6 Å². The fourth-order valence-electron chi connectivity index (χ4n) is 2.77. The highest BCUT2D eigenvalue weighted by molar-refractivity contribution is 9.10. The molecule has 0 fully saturated rings. The zero-order chi connectivity index (χ0) is 21.1. The van der Waals surface area contributed by atoms with E-state index in [2.05, 4.69) is 21.2 Å². The molecule has 1 heterocycles. The zero-order valence-electron chi connectivity index (χ0n) is 15.4. The molecule has 9 heteroatoms. The Morgan fingerprint density at radius 2 is 1.86 bits per heavy atom. The molecule has 148 valence electrons. The summed E-state index contributed by atoms with van der Waals surface area (Å²) in [6.07, 6.45) is 0. The maximum atomic E-state index is 12.7. The number of nitro groups is 1. The number of nitrogens with one attached hydrogen (secondary N) is 1. The van der Waals surface area contributed by atoms with Crippen LogP contribution >= 0.6 is 27.3 Å². The summed E-state index contributed by atoms with van der Waals surface area (Å²) < 4.78 is 5.80. The van der Waals surface area contributed by atoms with Crippen LogP contribution in [0.3, 0.4) is 0 Å². The molecular formula is C20H15BrN2O5S. The monoisotopic (exact) mass is 474 g/mol. The highest BCUT2D eigenvalue weighted by atomic mass is 79.9. The Kier molecular flexibility index (Phi) is 6.09. The molecule has 0 saturated carbocycles. The third-order valence-corrected chi connectivity index (χ3v) is 5.64. The highest BCUT2D eigenvalue weighted by Crippen LogP contribution is 2.37. The SMILES string of the molecule is COC(=O)c1c(-c2ccc(Br)cc2)csc1NC(=O)c1ccc([N+](=O)[O-])c(C)c1. The number of esters is 1. The minimum absolute atomic E-state index is 0.0644. The number of rotatable bonds is 5. The molecule has 0 atom stereocenters. The van der Waals surface area contributed by atoms with E-state index in [0.717, 1.165) is 10.0 Å². The summed E-state index contributed by atoms with van der Waals surface area (Å²) in [5.74, 6) is -1.04. The zero-order valence-corrected chi connectivity index (χ0v) is 17.8. The van der Waals surface area contributed by atoms with Gasteiger partial charge in [0.05, 0.1) is 12.0 Å². The largest absolute Gasteiger partial charge is 0.465 e. The molecule has 7 nitrogen and oxygen atoms in total. The molecule has 0 radical (unpaired) electrons. The summed E-state index contributed by atoms with van der Waals surface area (Å²) in [7, 11) is 1.27. The van der Waals surface area contributed by atoms with Gasteiger partial charge in [-0.15, -0.1) is 11.3 Å². The van der Waals surface area contributed by atoms with Crippen LogP contribution in [0.1, 0.15) is 26.3 Å². The van der Waals surface area contributed by atoms with Crippen molar-refractivity contribution in [2.24, 2.45) is 0 Å². The second-order valence-corrected chi connectivity index (χ2v) is 7.86. The first-order chi connectivity index (χ1) is 13.8. The van der Waals surface area contributed by atoms with E-state index in [1.807, 2.05) is 24.3 Å². The number of hydrogen-bond donors (Lipinski definition) is 1. The van der Waals surface area contributed by atoms with Gasteiger partial charge in [0.2, 0.25) is 0 Å². The van der Waals surface area contributed by atoms with E-state index in [4.69, 9.17) is 4.74 Å². The molecule has 0 aliphatic heterocycles. The van der Waals surface area contributed by atoms with Gasteiger partial charge in [-0.2, -0.15) is 0 Å². The molecule has 0 spiro atoms. The maximum absolute atomic E-state index is 12.7. The van der Waals surface area contributed by atoms with E-state index in [-0.39, 0.29) is 16.8 Å². The standard InChI is InChI=1S/C20H15BrN2O5S/c1-11-9-13(5-8-16(11)23(26)27)18(24)22-19-17(20(25)28-2)15(10-29-19)12-3-6-14(21)7-4-12/h3-10H,1-2H3,(H,22,24). The number of thiophene rings is 1. The first-order valence-electron chi connectivity index (χ1n) is 8.34. The van der Waals surface area contributed by atoms with Gasteiger partial charge in [0.15, 0.2) is 0 Å². The summed E-state index contributed by atoms with van der Waals surface area (Å²) in [6.45, 7) is 1.56. The van der Waals surface area contributed by atoms with E-state index in [1.54, 1.807) is 12.3 Å². The lowest BCUT2D eigenvalue weighted by molar-refractivity contribution is -0.385. The summed E-state index contributed by atoms with van der Waals surface area (Å²) in [5, 5.41) is 15.8. The molecule has 3 aromatic rings. The smallest absolute Gasteiger partial charge is 0.341 e. The summed E-state index contributed by atoms with van der Waals surface area (Å²) in [6, 6.07) is 11.5. The summed E-state index contributed by atoms with van der Waals surface area (Å²) in [4.78, 5) is 35.5. The summed E-state index contributed by atoms with van der Waals surface area (Å²) >= 11 is 4.58. The number of benzene rings is 2. The van der Waals surface area contributed by atoms with Crippen molar-refractivity contribution in [2.45, 2.75) is 6.92 Å². The molecule has 1 aromatic heterocycles. The molecule has 1 N–H and O–H groups in total. The van der Waals surface area contributed by atoms with Crippen LogP contribution in [0.5, 0.6) is 0 Å². The molecular weight excluding hydrogens is 460 g/mol. The minimum Gasteiger partial charge on any atom is -0.465 e. The molecule has 0 saturated heterocycles. The van der Waals surface area contributed by atoms with Gasteiger partial charge in [0, 0.05) is 32.6 Å². The number of aryl methyl sites for hydroxylation is 1. The number of carbonyl (C=O) groups is 2. The van der Waals surface area contributed by atoms with Crippen molar-refractivity contribution in [1.82, 2.24) is 0 Å². The van der Waals surface area contributed by atoms with Crippen LogP contribution in [0.2, 0.25) is 0 Å². The number of hydrogen-bond acceptors (Lipinski definition) is 6. The predicted molar refractivity (Wildman–Crippen MR) is 115 cm³/mol. The molecule has 2 aromatic carbocycles. The predicted octanol–water partition coefficient (Wildman–Crippen LogP) is 5.43. The minimum atomic E-state index is -0.570. The first kappa shape index (κ1) is 20.7. The number of ether oxygens (including phenoxy) is 1. The van der Waals surface area contributed by atoms with Crippen molar-refractivity contribution in [1.29, 1.82) is 0 Å². The van der Waals surface area contributed by atoms with Crippen molar-refractivity contribution in [3.63, 3.8) is 0 Å². The molecule has 0 bridgehead atoms. The third kappa shape index (κ3) is 4.36. The lowest BCUT2D eigenvalue weighted by Gasteiger charge is -2.08. The summed E-state index contributed by atoms with van der Waals surface area (Å²) in [5.41, 5.74) is 2.26. The molecule has 0 aliphatic carbocycles. The molecule has 0 unspecified atom stereocenters. The van der Waals surface area contributed by atoms with Gasteiger partial charge in [0.1, 0.15) is 10.6 Å². The Hall–Kier alpha value is -3.04. The molecule has 0 aliphatic rings. The quantitative estimate of drug-likeness (QED) is 0.301. The lowest BCUT2D eigenvalue weighted by Crippen LogP contribution is -2.14. The lowest BCUT2D eigenvalue weighted by atomic mass is 10.0. The van der Waals surface area contributed by atoms with Crippen LogP contribution in [0, 0.1) is 17.0 Å². The second kappa shape index (κ2) is 8.54.